The average molecular weight is 737 g/mol. The van der Waals surface area contributed by atoms with Gasteiger partial charge in [0.25, 0.3) is 0 Å². The predicted octanol–water partition coefficient (Wildman–Crippen LogP) is 5.10. The van der Waals surface area contributed by atoms with Gasteiger partial charge in [-0.05, 0) is 152 Å². The van der Waals surface area contributed by atoms with Crippen LogP contribution in [-0.4, -0.2) is 94.7 Å². The number of hydrogen-bond acceptors (Lipinski definition) is 6. The molecule has 8 rings (SSSR count). The van der Waals surface area contributed by atoms with Crippen molar-refractivity contribution < 1.29 is 9.59 Å². The lowest BCUT2D eigenvalue weighted by atomic mass is 9.56. The Kier molecular flexibility index (Phi) is 10.1. The van der Waals surface area contributed by atoms with Crippen LogP contribution in [0.4, 0.5) is 0 Å². The van der Waals surface area contributed by atoms with E-state index in [4.69, 9.17) is 0 Å². The molecule has 2 saturated heterocycles. The van der Waals surface area contributed by atoms with E-state index in [1.807, 2.05) is 12.1 Å². The lowest BCUT2D eigenvalue weighted by Crippen LogP contribution is -2.63. The first-order valence-electron chi connectivity index (χ1n) is 20.8. The van der Waals surface area contributed by atoms with Crippen molar-refractivity contribution in [3.05, 3.63) is 90.8 Å². The fourth-order valence-electron chi connectivity index (χ4n) is 12.3. The van der Waals surface area contributed by atoms with Crippen LogP contribution in [0, 0.1) is 23.7 Å². The summed E-state index contributed by atoms with van der Waals surface area (Å²) >= 11 is 0. The smallest absolute Gasteiger partial charge is 0.248 e. The summed E-state index contributed by atoms with van der Waals surface area (Å²) in [5.74, 6) is 1.89. The van der Waals surface area contributed by atoms with Crippen molar-refractivity contribution in [2.45, 2.75) is 102 Å². The van der Waals surface area contributed by atoms with E-state index in [9.17, 15) is 19.2 Å². The second-order valence-electron chi connectivity index (χ2n) is 17.9. The number of rotatable bonds is 11. The molecular weight excluding hydrogens is 677 g/mol. The molecule has 54 heavy (non-hydrogen) atoms. The van der Waals surface area contributed by atoms with Gasteiger partial charge in [-0.3, -0.25) is 29.0 Å². The molecule has 2 N–H and O–H groups in total. The van der Waals surface area contributed by atoms with E-state index in [0.29, 0.717) is 36.8 Å². The summed E-state index contributed by atoms with van der Waals surface area (Å²) in [6.07, 6.45) is 16.7. The van der Waals surface area contributed by atoms with Gasteiger partial charge in [0.1, 0.15) is 0 Å². The number of aromatic nitrogens is 2. The summed E-state index contributed by atoms with van der Waals surface area (Å²) < 4.78 is 0. The molecule has 10 heteroatoms. The Bertz CT molecular complexity index is 1820. The normalized spacial score (nSPS) is 29.5. The number of aromatic amines is 2. The van der Waals surface area contributed by atoms with E-state index in [1.54, 1.807) is 12.1 Å². The molecule has 2 amide bonds. The Labute approximate surface area is 320 Å². The number of pyridine rings is 2. The number of H-pyrrole nitrogens is 2. The number of hydrogen-bond donors (Lipinski definition) is 2. The fraction of sp³-hybridized carbons (Fsp3) is 0.636. The third-order valence-corrected chi connectivity index (χ3v) is 14.2. The molecule has 10 nitrogen and oxygen atoms in total. The summed E-state index contributed by atoms with van der Waals surface area (Å²) in [7, 11) is 4.13. The number of fused-ring (bicyclic) bond motifs is 2. The van der Waals surface area contributed by atoms with Crippen molar-refractivity contribution in [2.24, 2.45) is 23.7 Å². The molecule has 4 heterocycles. The van der Waals surface area contributed by atoms with Gasteiger partial charge in [-0.15, -0.1) is 0 Å². The highest BCUT2D eigenvalue weighted by atomic mass is 16.2. The molecule has 2 aromatic heterocycles. The van der Waals surface area contributed by atoms with Crippen molar-refractivity contribution in [1.29, 1.82) is 0 Å². The Hall–Kier alpha value is -3.76. The number of carbonyl (C=O) groups is 2. The first-order chi connectivity index (χ1) is 26.0. The molecule has 290 valence electrons. The van der Waals surface area contributed by atoms with E-state index < -0.39 is 0 Å². The lowest BCUT2D eigenvalue weighted by molar-refractivity contribution is -0.149. The number of nitrogens with one attached hydrogen (secondary N) is 2. The summed E-state index contributed by atoms with van der Waals surface area (Å²) in [4.78, 5) is 67.8. The van der Waals surface area contributed by atoms with Crippen molar-refractivity contribution >= 4 is 11.8 Å². The number of unbranched alkanes of at least 4 members (excludes halogenated alkanes) is 3. The number of likely N-dealkylation sites (N-methyl/N-ethyl adjacent to an activating group) is 2. The summed E-state index contributed by atoms with van der Waals surface area (Å²) in [5, 5.41) is 0. The van der Waals surface area contributed by atoms with Crippen molar-refractivity contribution in [3.63, 3.8) is 0 Å². The topological polar surface area (TPSA) is 113 Å². The maximum Gasteiger partial charge on any atom is 0.248 e. The third-order valence-electron chi connectivity index (χ3n) is 14.2. The molecule has 2 aliphatic heterocycles. The van der Waals surface area contributed by atoms with Gasteiger partial charge in [0.2, 0.25) is 22.9 Å². The van der Waals surface area contributed by atoms with E-state index in [0.717, 1.165) is 126 Å². The Morgan fingerprint density at radius 3 is 1.54 bits per heavy atom. The second-order valence-corrected chi connectivity index (χ2v) is 17.9. The van der Waals surface area contributed by atoms with Gasteiger partial charge in [0.05, 0.1) is 24.2 Å². The van der Waals surface area contributed by atoms with E-state index in [2.05, 4.69) is 69.7 Å². The number of amides is 2. The molecule has 0 unspecified atom stereocenters. The predicted molar refractivity (Wildman–Crippen MR) is 211 cm³/mol. The number of likely N-dealkylation sites (tertiary alicyclic amines) is 2. The van der Waals surface area contributed by atoms with Crippen LogP contribution in [0.15, 0.2) is 57.2 Å². The molecule has 2 aromatic rings. The Balaban J connectivity index is 0.821. The maximum absolute atomic E-state index is 14.1. The van der Waals surface area contributed by atoms with Gasteiger partial charge in [-0.1, -0.05) is 36.1 Å². The highest BCUT2D eigenvalue weighted by Gasteiger charge is 2.58. The molecule has 0 spiro atoms. The molecule has 4 bridgehead atoms. The van der Waals surface area contributed by atoms with Gasteiger partial charge in [0.15, 0.2) is 0 Å². The zero-order valence-electron chi connectivity index (χ0n) is 32.9. The minimum absolute atomic E-state index is 0.0627. The van der Waals surface area contributed by atoms with Crippen LogP contribution in [0.1, 0.15) is 101 Å². The number of piperidine rings is 2. The van der Waals surface area contributed by atoms with E-state index in [1.165, 1.54) is 11.1 Å². The largest absolute Gasteiger partial charge is 0.331 e. The minimum atomic E-state index is -0.365. The van der Waals surface area contributed by atoms with Gasteiger partial charge < -0.3 is 19.8 Å². The van der Waals surface area contributed by atoms with Gasteiger partial charge in [0, 0.05) is 36.6 Å². The van der Waals surface area contributed by atoms with Crippen LogP contribution in [0.2, 0.25) is 0 Å². The fourth-order valence-corrected chi connectivity index (χ4v) is 12.3. The highest BCUT2D eigenvalue weighted by Crippen LogP contribution is 2.58. The van der Waals surface area contributed by atoms with Crippen molar-refractivity contribution in [3.8, 4) is 0 Å². The van der Waals surface area contributed by atoms with Crippen LogP contribution < -0.4 is 11.1 Å². The monoisotopic (exact) mass is 736 g/mol. The van der Waals surface area contributed by atoms with Crippen LogP contribution in [0.3, 0.4) is 0 Å². The molecular formula is C44H60N6O4. The number of nitrogens with zero attached hydrogens (tertiary/aromatic N) is 4. The van der Waals surface area contributed by atoms with Crippen molar-refractivity contribution in [2.75, 3.05) is 53.4 Å². The zero-order valence-corrected chi connectivity index (χ0v) is 32.9. The standard InChI is InChI=1S/C44H60N6O4/c1-29-21-31-23-37-35(13-15-39(51)45-37)43(25-29)33(31)11-9-19-49(43)41(53)27-47(3)17-7-5-6-8-18-48(4)28-42(54)50-20-10-12-34-32-22-30(2)26-44(34,50)36-14-16-40(52)46-38(36)24-32/h13-16,21-22,31-34H,5-12,17-20,23-28H2,1-4H3,(H,45,51)(H,46,52)/t31-,32-,33+,34+,43+,44+/m0/s1. The highest BCUT2D eigenvalue weighted by molar-refractivity contribution is 5.80. The molecule has 0 saturated carbocycles. The van der Waals surface area contributed by atoms with Gasteiger partial charge in [-0.25, -0.2) is 0 Å². The van der Waals surface area contributed by atoms with E-state index >= 15 is 0 Å². The summed E-state index contributed by atoms with van der Waals surface area (Å²) in [6.45, 7) is 8.49. The van der Waals surface area contributed by atoms with Crippen LogP contribution in [-0.2, 0) is 33.5 Å². The number of carbonyl (C=O) groups excluding carboxylic acids is 2. The molecule has 6 aliphatic rings. The average Bonchev–Trinajstić information content (AvgIpc) is 3.11. The zero-order chi connectivity index (χ0) is 37.8. The molecule has 2 fully saturated rings. The Morgan fingerprint density at radius 1 is 0.685 bits per heavy atom. The third kappa shape index (κ3) is 6.45. The SMILES string of the molecule is CC1=C[C@H]2Cc3[nH]c(=O)ccc3[C@@]3(C1)[C@@H]2CCCN3C(=O)CN(C)CCCCCCN(C)CC(=O)N1CCC[C@@H]2[C@H]3C=C(C)C[C@]21c1ccc(=O)[nH]c1C3. The first-order valence-corrected chi connectivity index (χ1v) is 20.8. The molecule has 4 aliphatic carbocycles. The Morgan fingerprint density at radius 2 is 1.11 bits per heavy atom. The molecule has 0 radical (unpaired) electrons. The quantitative estimate of drug-likeness (QED) is 0.246. The van der Waals surface area contributed by atoms with Crippen molar-refractivity contribution in [1.82, 2.24) is 29.6 Å². The maximum atomic E-state index is 14.1. The first kappa shape index (κ1) is 37.2. The van der Waals surface area contributed by atoms with Gasteiger partial charge >= 0.3 is 0 Å². The van der Waals surface area contributed by atoms with E-state index in [-0.39, 0.29) is 34.0 Å². The second kappa shape index (κ2) is 14.7. The minimum Gasteiger partial charge on any atom is -0.331 e. The lowest BCUT2D eigenvalue weighted by Gasteiger charge is -2.59. The molecule has 0 aromatic carbocycles. The summed E-state index contributed by atoms with van der Waals surface area (Å²) in [6, 6.07) is 7.30. The number of allylic oxidation sites excluding steroid dienone is 2. The van der Waals surface area contributed by atoms with Crippen LogP contribution in [0.25, 0.3) is 0 Å². The van der Waals surface area contributed by atoms with Crippen LogP contribution in [0.5, 0.6) is 0 Å². The summed E-state index contributed by atoms with van der Waals surface area (Å²) in [5.41, 5.74) is 6.18. The molecule has 6 atom stereocenters. The van der Waals surface area contributed by atoms with Gasteiger partial charge in [-0.2, -0.15) is 0 Å². The van der Waals surface area contributed by atoms with Crippen LogP contribution >= 0.6 is 0 Å².